The fourth-order valence-electron chi connectivity index (χ4n) is 4.39. The highest BCUT2D eigenvalue weighted by Gasteiger charge is 2.39. The predicted octanol–water partition coefficient (Wildman–Crippen LogP) is 4.03. The fraction of sp³-hybridized carbons (Fsp3) is 0.458. The monoisotopic (exact) mass is 444 g/mol. The van der Waals surface area contributed by atoms with E-state index in [9.17, 15) is 17.6 Å². The molecule has 0 spiro atoms. The number of carbonyl (C=O) groups is 1. The molecule has 0 N–H and O–H groups in total. The second-order valence-electron chi connectivity index (χ2n) is 8.74. The molecule has 2 aliphatic rings. The molecule has 1 aliphatic carbocycles. The summed E-state index contributed by atoms with van der Waals surface area (Å²) in [5.41, 5.74) is 2.29. The topological polar surface area (TPSA) is 57.7 Å². The van der Waals surface area contributed by atoms with Crippen LogP contribution in [0.5, 0.6) is 0 Å². The molecule has 0 bridgehead atoms. The summed E-state index contributed by atoms with van der Waals surface area (Å²) >= 11 is 0. The SMILES string of the molecule is Cc1ccc(S(=O)(=O)N2CCC(C(=O)N(Cc3ccccc3F)C3CC3)CC2)c(C)c1. The summed E-state index contributed by atoms with van der Waals surface area (Å²) in [4.78, 5) is 15.4. The maximum absolute atomic E-state index is 14.1. The Bertz CT molecular complexity index is 1070. The van der Waals surface area contributed by atoms with Crippen LogP contribution in [0.1, 0.15) is 42.4 Å². The Morgan fingerprint density at radius 2 is 1.74 bits per heavy atom. The first-order chi connectivity index (χ1) is 14.8. The molecule has 0 radical (unpaired) electrons. The number of nitrogens with zero attached hydrogens (tertiary/aromatic N) is 2. The molecule has 5 nitrogen and oxygen atoms in total. The molecule has 4 rings (SSSR count). The first-order valence-electron chi connectivity index (χ1n) is 10.9. The molecule has 166 valence electrons. The van der Waals surface area contributed by atoms with Gasteiger partial charge in [-0.3, -0.25) is 4.79 Å². The number of hydrogen-bond acceptors (Lipinski definition) is 3. The van der Waals surface area contributed by atoms with Crippen LogP contribution in [-0.2, 0) is 21.4 Å². The van der Waals surface area contributed by atoms with E-state index in [1.165, 1.54) is 10.4 Å². The van der Waals surface area contributed by atoms with Crippen LogP contribution < -0.4 is 0 Å². The largest absolute Gasteiger partial charge is 0.335 e. The molecule has 1 heterocycles. The average molecular weight is 445 g/mol. The summed E-state index contributed by atoms with van der Waals surface area (Å²) < 4.78 is 41.9. The molecule has 1 amide bonds. The Hall–Kier alpha value is -2.25. The average Bonchev–Trinajstić information content (AvgIpc) is 3.58. The van der Waals surface area contributed by atoms with Crippen molar-refractivity contribution in [1.82, 2.24) is 9.21 Å². The lowest BCUT2D eigenvalue weighted by Crippen LogP contribution is -2.45. The van der Waals surface area contributed by atoms with Gasteiger partial charge in [-0.15, -0.1) is 0 Å². The molecule has 2 aromatic carbocycles. The van der Waals surface area contributed by atoms with Crippen molar-refractivity contribution in [3.05, 3.63) is 65.0 Å². The second kappa shape index (κ2) is 8.71. The normalized spacial score (nSPS) is 18.2. The first-order valence-corrected chi connectivity index (χ1v) is 12.3. The van der Waals surface area contributed by atoms with E-state index in [1.807, 2.05) is 26.0 Å². The van der Waals surface area contributed by atoms with Gasteiger partial charge in [0.05, 0.1) is 4.90 Å². The van der Waals surface area contributed by atoms with E-state index in [2.05, 4.69) is 0 Å². The van der Waals surface area contributed by atoms with Gasteiger partial charge in [-0.1, -0.05) is 35.9 Å². The maximum Gasteiger partial charge on any atom is 0.243 e. The van der Waals surface area contributed by atoms with Crippen LogP contribution in [0.25, 0.3) is 0 Å². The predicted molar refractivity (Wildman–Crippen MR) is 117 cm³/mol. The van der Waals surface area contributed by atoms with Crippen LogP contribution in [0.2, 0.25) is 0 Å². The lowest BCUT2D eigenvalue weighted by Gasteiger charge is -2.34. The van der Waals surface area contributed by atoms with Crippen LogP contribution in [-0.4, -0.2) is 42.7 Å². The van der Waals surface area contributed by atoms with Crippen molar-refractivity contribution in [2.75, 3.05) is 13.1 Å². The van der Waals surface area contributed by atoms with Crippen molar-refractivity contribution < 1.29 is 17.6 Å². The van der Waals surface area contributed by atoms with Gasteiger partial charge in [-0.05, 0) is 57.2 Å². The van der Waals surface area contributed by atoms with E-state index in [-0.39, 0.29) is 30.2 Å². The summed E-state index contributed by atoms with van der Waals surface area (Å²) in [6.07, 6.45) is 2.87. The van der Waals surface area contributed by atoms with Crippen LogP contribution >= 0.6 is 0 Å². The van der Waals surface area contributed by atoms with Gasteiger partial charge in [0, 0.05) is 37.2 Å². The highest BCUT2D eigenvalue weighted by molar-refractivity contribution is 7.89. The van der Waals surface area contributed by atoms with Gasteiger partial charge in [0.1, 0.15) is 5.82 Å². The van der Waals surface area contributed by atoms with Crippen LogP contribution in [0.3, 0.4) is 0 Å². The van der Waals surface area contributed by atoms with E-state index in [0.29, 0.717) is 36.4 Å². The van der Waals surface area contributed by atoms with E-state index < -0.39 is 10.0 Å². The highest BCUT2D eigenvalue weighted by atomic mass is 32.2. The Labute approximate surface area is 183 Å². The van der Waals surface area contributed by atoms with E-state index in [0.717, 1.165) is 24.0 Å². The number of sulfonamides is 1. The Morgan fingerprint density at radius 1 is 1.06 bits per heavy atom. The zero-order valence-corrected chi connectivity index (χ0v) is 18.9. The van der Waals surface area contributed by atoms with Gasteiger partial charge in [0.2, 0.25) is 15.9 Å². The van der Waals surface area contributed by atoms with E-state index in [4.69, 9.17) is 0 Å². The van der Waals surface area contributed by atoms with Crippen molar-refractivity contribution in [2.24, 2.45) is 5.92 Å². The molecule has 31 heavy (non-hydrogen) atoms. The minimum absolute atomic E-state index is 0.0225. The number of rotatable bonds is 6. The van der Waals surface area contributed by atoms with Crippen LogP contribution in [0.15, 0.2) is 47.4 Å². The third kappa shape index (κ3) is 4.67. The summed E-state index contributed by atoms with van der Waals surface area (Å²) in [6, 6.07) is 12.1. The molecule has 2 fully saturated rings. The molecular formula is C24H29FN2O3S. The minimum atomic E-state index is -3.58. The fourth-order valence-corrected chi connectivity index (χ4v) is 6.06. The Morgan fingerprint density at radius 3 is 2.35 bits per heavy atom. The summed E-state index contributed by atoms with van der Waals surface area (Å²) in [5, 5.41) is 0. The number of hydrogen-bond donors (Lipinski definition) is 0. The molecule has 0 unspecified atom stereocenters. The van der Waals surface area contributed by atoms with Crippen molar-refractivity contribution in [2.45, 2.75) is 57.0 Å². The molecule has 1 saturated heterocycles. The number of aryl methyl sites for hydroxylation is 2. The lowest BCUT2D eigenvalue weighted by molar-refractivity contribution is -0.138. The molecular weight excluding hydrogens is 415 g/mol. The van der Waals surface area contributed by atoms with Gasteiger partial charge < -0.3 is 4.90 Å². The number of carbonyl (C=O) groups excluding carboxylic acids is 1. The second-order valence-corrected chi connectivity index (χ2v) is 10.6. The van der Waals surface area contributed by atoms with Crippen LogP contribution in [0.4, 0.5) is 4.39 Å². The zero-order valence-electron chi connectivity index (χ0n) is 18.1. The van der Waals surface area contributed by atoms with Crippen molar-refractivity contribution in [3.63, 3.8) is 0 Å². The quantitative estimate of drug-likeness (QED) is 0.676. The zero-order chi connectivity index (χ0) is 22.2. The van der Waals surface area contributed by atoms with Gasteiger partial charge in [-0.25, -0.2) is 12.8 Å². The van der Waals surface area contributed by atoms with Crippen molar-refractivity contribution >= 4 is 15.9 Å². The Kier molecular flexibility index (Phi) is 6.17. The number of benzene rings is 2. The molecule has 0 aromatic heterocycles. The van der Waals surface area contributed by atoms with Gasteiger partial charge in [0.15, 0.2) is 0 Å². The van der Waals surface area contributed by atoms with E-state index in [1.54, 1.807) is 29.2 Å². The van der Waals surface area contributed by atoms with Gasteiger partial charge in [0.25, 0.3) is 0 Å². The Balaban J connectivity index is 1.44. The molecule has 2 aromatic rings. The van der Waals surface area contributed by atoms with Gasteiger partial charge >= 0.3 is 0 Å². The van der Waals surface area contributed by atoms with Crippen molar-refractivity contribution in [3.8, 4) is 0 Å². The third-order valence-electron chi connectivity index (χ3n) is 6.32. The number of amides is 1. The van der Waals surface area contributed by atoms with Crippen molar-refractivity contribution in [1.29, 1.82) is 0 Å². The molecule has 0 atom stereocenters. The van der Waals surface area contributed by atoms with Gasteiger partial charge in [-0.2, -0.15) is 4.31 Å². The number of halogens is 1. The first kappa shape index (κ1) is 22.0. The van der Waals surface area contributed by atoms with Crippen LogP contribution in [0, 0.1) is 25.6 Å². The lowest BCUT2D eigenvalue weighted by atomic mass is 9.96. The maximum atomic E-state index is 14.1. The third-order valence-corrected chi connectivity index (χ3v) is 8.38. The summed E-state index contributed by atoms with van der Waals surface area (Å²) in [5.74, 6) is -0.498. The molecule has 1 aliphatic heterocycles. The smallest absolute Gasteiger partial charge is 0.243 e. The summed E-state index contributed by atoms with van der Waals surface area (Å²) in [7, 11) is -3.58. The highest BCUT2D eigenvalue weighted by Crippen LogP contribution is 2.33. The van der Waals surface area contributed by atoms with E-state index >= 15 is 0 Å². The number of piperidine rings is 1. The molecule has 7 heteroatoms. The summed E-state index contributed by atoms with van der Waals surface area (Å²) in [6.45, 7) is 4.67. The minimum Gasteiger partial charge on any atom is -0.335 e. The standard InChI is InChI=1S/C24H29FN2O3S/c1-17-7-10-23(18(2)15-17)31(29,30)26-13-11-19(12-14-26)24(28)27(21-8-9-21)16-20-5-3-4-6-22(20)25/h3-7,10,15,19,21H,8-9,11-14,16H2,1-2H3. The molecule has 1 saturated carbocycles.